The second-order valence-electron chi connectivity index (χ2n) is 9.09. The Morgan fingerprint density at radius 3 is 2.78 bits per heavy atom. The van der Waals surface area contributed by atoms with Crippen LogP contribution in [-0.2, 0) is 23.2 Å². The predicted molar refractivity (Wildman–Crippen MR) is 143 cm³/mol. The lowest BCUT2D eigenvalue weighted by molar-refractivity contribution is 0.166. The van der Waals surface area contributed by atoms with Gasteiger partial charge in [0.1, 0.15) is 5.75 Å². The Bertz CT molecular complexity index is 873. The number of hydrogen-bond acceptors (Lipinski definition) is 5. The molecule has 2 N–H and O–H groups in total. The minimum Gasteiger partial charge on any atom is -0.493 e. The number of guanidine groups is 1. The maximum atomic E-state index is 6.16. The molecule has 0 aliphatic carbocycles. The number of aromatic nitrogens is 1. The van der Waals surface area contributed by atoms with Gasteiger partial charge in [0.2, 0.25) is 0 Å². The first-order valence-electron chi connectivity index (χ1n) is 11.1. The van der Waals surface area contributed by atoms with Crippen molar-refractivity contribution in [2.75, 3.05) is 26.4 Å². The molecule has 32 heavy (non-hydrogen) atoms. The van der Waals surface area contributed by atoms with Gasteiger partial charge in [0.05, 0.1) is 37.0 Å². The summed E-state index contributed by atoms with van der Waals surface area (Å²) in [6, 6.07) is 6.32. The van der Waals surface area contributed by atoms with Gasteiger partial charge in [0.15, 0.2) is 5.96 Å². The van der Waals surface area contributed by atoms with Gasteiger partial charge < -0.3 is 20.1 Å². The van der Waals surface area contributed by atoms with E-state index in [1.165, 1.54) is 5.56 Å². The molecule has 2 heterocycles. The molecule has 1 fully saturated rings. The molecule has 1 aromatic carbocycles. The summed E-state index contributed by atoms with van der Waals surface area (Å²) in [7, 11) is 0. The van der Waals surface area contributed by atoms with Gasteiger partial charge >= 0.3 is 0 Å². The Morgan fingerprint density at radius 1 is 1.31 bits per heavy atom. The first-order valence-corrected chi connectivity index (χ1v) is 12.0. The predicted octanol–water partition coefficient (Wildman–Crippen LogP) is 5.04. The van der Waals surface area contributed by atoms with Crippen LogP contribution in [0.2, 0.25) is 0 Å². The third kappa shape index (κ3) is 8.19. The summed E-state index contributed by atoms with van der Waals surface area (Å²) in [5, 5.41) is 10.0. The van der Waals surface area contributed by atoms with Gasteiger partial charge in [-0.15, -0.1) is 35.3 Å². The largest absolute Gasteiger partial charge is 0.493 e. The molecule has 0 amide bonds. The molecule has 0 saturated carbocycles. The first-order chi connectivity index (χ1) is 14.8. The Labute approximate surface area is 213 Å². The Kier molecular flexibility index (Phi) is 10.7. The van der Waals surface area contributed by atoms with Gasteiger partial charge in [-0.3, -0.25) is 0 Å². The van der Waals surface area contributed by atoms with Crippen molar-refractivity contribution in [1.82, 2.24) is 15.6 Å². The molecule has 1 aromatic heterocycles. The molecule has 0 spiro atoms. The molecule has 1 atom stereocenters. The zero-order chi connectivity index (χ0) is 22.3. The van der Waals surface area contributed by atoms with Gasteiger partial charge in [0.25, 0.3) is 0 Å². The first kappa shape index (κ1) is 26.9. The van der Waals surface area contributed by atoms with E-state index >= 15 is 0 Å². The lowest BCUT2D eigenvalue weighted by Gasteiger charge is -2.15. The van der Waals surface area contributed by atoms with Crippen molar-refractivity contribution in [3.05, 3.63) is 45.4 Å². The van der Waals surface area contributed by atoms with Gasteiger partial charge in [-0.25, -0.2) is 9.98 Å². The standard InChI is InChI=1S/C24H36N4O2S.HI/c1-6-25-23(27-13-20-16-31-22(28-20)24(3,4)5)26-12-19-8-7-17(2)11-21(19)30-15-18-9-10-29-14-18;/h7-8,11,16,18H,6,9-10,12-15H2,1-5H3,(H2,25,26,27);1H. The lowest BCUT2D eigenvalue weighted by Crippen LogP contribution is -2.36. The lowest BCUT2D eigenvalue weighted by atomic mass is 9.98. The summed E-state index contributed by atoms with van der Waals surface area (Å²) in [4.78, 5) is 9.55. The van der Waals surface area contributed by atoms with Crippen molar-refractivity contribution in [2.45, 2.75) is 59.5 Å². The van der Waals surface area contributed by atoms with Crippen molar-refractivity contribution in [1.29, 1.82) is 0 Å². The van der Waals surface area contributed by atoms with Crippen LogP contribution in [0.5, 0.6) is 5.75 Å². The maximum absolute atomic E-state index is 6.16. The number of aryl methyl sites for hydroxylation is 1. The molecule has 0 radical (unpaired) electrons. The van der Waals surface area contributed by atoms with Gasteiger partial charge in [-0.1, -0.05) is 32.9 Å². The molecule has 8 heteroatoms. The number of thiazole rings is 1. The molecule has 6 nitrogen and oxygen atoms in total. The van der Waals surface area contributed by atoms with E-state index in [0.29, 0.717) is 25.6 Å². The van der Waals surface area contributed by atoms with Crippen molar-refractivity contribution in [3.63, 3.8) is 0 Å². The number of ether oxygens (including phenoxy) is 2. The third-order valence-corrected chi connectivity index (χ3v) is 6.42. The summed E-state index contributed by atoms with van der Waals surface area (Å²) >= 11 is 1.71. The smallest absolute Gasteiger partial charge is 0.191 e. The number of halogens is 1. The van der Waals surface area contributed by atoms with Crippen LogP contribution in [0.25, 0.3) is 0 Å². The van der Waals surface area contributed by atoms with E-state index in [1.54, 1.807) is 11.3 Å². The molecule has 0 bridgehead atoms. The number of nitrogens with one attached hydrogen (secondary N) is 2. The highest BCUT2D eigenvalue weighted by molar-refractivity contribution is 14.0. The summed E-state index contributed by atoms with van der Waals surface area (Å²) < 4.78 is 11.6. The van der Waals surface area contributed by atoms with Crippen LogP contribution < -0.4 is 15.4 Å². The highest BCUT2D eigenvalue weighted by Crippen LogP contribution is 2.26. The van der Waals surface area contributed by atoms with Crippen molar-refractivity contribution < 1.29 is 9.47 Å². The average Bonchev–Trinajstić information content (AvgIpc) is 3.41. The molecule has 2 aromatic rings. The number of benzene rings is 1. The third-order valence-electron chi connectivity index (χ3n) is 5.10. The monoisotopic (exact) mass is 572 g/mol. The van der Waals surface area contributed by atoms with E-state index in [-0.39, 0.29) is 29.4 Å². The fourth-order valence-corrected chi connectivity index (χ4v) is 4.17. The van der Waals surface area contributed by atoms with E-state index in [1.807, 2.05) is 0 Å². The van der Waals surface area contributed by atoms with Crippen LogP contribution in [0.3, 0.4) is 0 Å². The quantitative estimate of drug-likeness (QED) is 0.264. The number of nitrogens with zero attached hydrogens (tertiary/aromatic N) is 2. The van der Waals surface area contributed by atoms with Gasteiger partial charge in [0, 0.05) is 35.4 Å². The molecule has 1 saturated heterocycles. The van der Waals surface area contributed by atoms with Crippen LogP contribution in [0, 0.1) is 12.8 Å². The molecule has 3 rings (SSSR count). The Hall–Kier alpha value is -1.39. The maximum Gasteiger partial charge on any atom is 0.191 e. The highest BCUT2D eigenvalue weighted by Gasteiger charge is 2.18. The minimum absolute atomic E-state index is 0. The van der Waals surface area contributed by atoms with Crippen LogP contribution >= 0.6 is 35.3 Å². The van der Waals surface area contributed by atoms with Crippen LogP contribution in [-0.4, -0.2) is 37.3 Å². The van der Waals surface area contributed by atoms with Crippen LogP contribution in [0.15, 0.2) is 28.6 Å². The summed E-state index contributed by atoms with van der Waals surface area (Å²) in [6.45, 7) is 15.1. The van der Waals surface area contributed by atoms with E-state index in [0.717, 1.165) is 54.2 Å². The topological polar surface area (TPSA) is 67.8 Å². The highest BCUT2D eigenvalue weighted by atomic mass is 127. The van der Waals surface area contributed by atoms with Crippen molar-refractivity contribution in [3.8, 4) is 5.75 Å². The molecule has 1 aliphatic rings. The summed E-state index contributed by atoms with van der Waals surface area (Å²) in [5.74, 6) is 2.18. The molecule has 1 unspecified atom stereocenters. The molecule has 1 aliphatic heterocycles. The Morgan fingerprint density at radius 2 is 2.12 bits per heavy atom. The van der Waals surface area contributed by atoms with E-state index < -0.39 is 0 Å². The molecular formula is C24H37IN4O2S. The summed E-state index contributed by atoms with van der Waals surface area (Å²) in [6.07, 6.45) is 1.07. The van der Waals surface area contributed by atoms with Gasteiger partial charge in [-0.2, -0.15) is 0 Å². The number of rotatable bonds is 8. The molecular weight excluding hydrogens is 535 g/mol. The number of aliphatic imine (C=N–C) groups is 1. The van der Waals surface area contributed by atoms with Crippen molar-refractivity contribution in [2.24, 2.45) is 10.9 Å². The fourth-order valence-electron chi connectivity index (χ4n) is 3.26. The fraction of sp³-hybridized carbons (Fsp3) is 0.583. The normalized spacial score (nSPS) is 16.5. The number of hydrogen-bond donors (Lipinski definition) is 2. The second kappa shape index (κ2) is 12.7. The van der Waals surface area contributed by atoms with Crippen LogP contribution in [0.1, 0.15) is 55.9 Å². The van der Waals surface area contributed by atoms with Gasteiger partial charge in [-0.05, 0) is 31.9 Å². The van der Waals surface area contributed by atoms with Crippen molar-refractivity contribution >= 4 is 41.3 Å². The van der Waals surface area contributed by atoms with Crippen LogP contribution in [0.4, 0.5) is 0 Å². The van der Waals surface area contributed by atoms with E-state index in [9.17, 15) is 0 Å². The van der Waals surface area contributed by atoms with E-state index in [2.05, 4.69) is 68.8 Å². The zero-order valence-corrected chi connectivity index (χ0v) is 23.0. The molecule has 178 valence electrons. The SMILES string of the molecule is CCNC(=NCc1ccc(C)cc1OCC1CCOC1)NCc1csc(C(C)(C)C)n1.I. The average molecular weight is 573 g/mol. The Balaban J connectivity index is 0.00000363. The minimum atomic E-state index is 0. The van der Waals surface area contributed by atoms with E-state index in [4.69, 9.17) is 19.5 Å². The second-order valence-corrected chi connectivity index (χ2v) is 9.95. The summed E-state index contributed by atoms with van der Waals surface area (Å²) in [5.41, 5.74) is 3.39. The zero-order valence-electron chi connectivity index (χ0n) is 19.9.